The van der Waals surface area contributed by atoms with Crippen LogP contribution in [0.5, 0.6) is 11.5 Å². The Bertz CT molecular complexity index is 405. The summed E-state index contributed by atoms with van der Waals surface area (Å²) in [4.78, 5) is 11.1. The lowest BCUT2D eigenvalue weighted by molar-refractivity contribution is -0.0953. The summed E-state index contributed by atoms with van der Waals surface area (Å²) in [6.45, 7) is 2.25. The van der Waals surface area contributed by atoms with Gasteiger partial charge in [0.25, 0.3) is 0 Å². The predicted molar refractivity (Wildman–Crippen MR) is 56.4 cm³/mol. The van der Waals surface area contributed by atoms with Gasteiger partial charge in [0.1, 0.15) is 0 Å². The third kappa shape index (κ3) is 2.09. The molecule has 1 aliphatic heterocycles. The number of benzene rings is 1. The van der Waals surface area contributed by atoms with E-state index in [1.807, 2.05) is 6.07 Å². The van der Waals surface area contributed by atoms with Crippen molar-refractivity contribution in [3.05, 3.63) is 23.8 Å². The molecule has 1 amide bonds. The standard InChI is InChI=1S/C11H13NO4/c1-7-14-6-8-4-3-5-9(10(8)15-7)16-11(13)12-2/h3-5,7H,6H2,1-2H3,(H,12,13). The molecule has 1 N–H and O–H groups in total. The van der Waals surface area contributed by atoms with Crippen molar-refractivity contribution < 1.29 is 19.0 Å². The van der Waals surface area contributed by atoms with Crippen LogP contribution in [0.4, 0.5) is 4.79 Å². The molecule has 0 spiro atoms. The summed E-state index contributed by atoms with van der Waals surface area (Å²) in [5.74, 6) is 0.983. The molecule has 1 unspecified atom stereocenters. The molecule has 0 saturated carbocycles. The lowest BCUT2D eigenvalue weighted by Gasteiger charge is -2.24. The quantitative estimate of drug-likeness (QED) is 0.786. The molecule has 1 aromatic carbocycles. The number of hydrogen-bond donors (Lipinski definition) is 1. The average molecular weight is 223 g/mol. The van der Waals surface area contributed by atoms with Gasteiger partial charge in [-0.2, -0.15) is 0 Å². The van der Waals surface area contributed by atoms with Crippen molar-refractivity contribution in [2.24, 2.45) is 0 Å². The van der Waals surface area contributed by atoms with Gasteiger partial charge in [-0.1, -0.05) is 12.1 Å². The number of hydrogen-bond acceptors (Lipinski definition) is 4. The van der Waals surface area contributed by atoms with Gasteiger partial charge in [0, 0.05) is 12.6 Å². The van der Waals surface area contributed by atoms with E-state index in [0.717, 1.165) is 5.56 Å². The van der Waals surface area contributed by atoms with Crippen LogP contribution < -0.4 is 14.8 Å². The largest absolute Gasteiger partial charge is 0.461 e. The number of rotatable bonds is 1. The van der Waals surface area contributed by atoms with Crippen molar-refractivity contribution in [1.82, 2.24) is 5.32 Å². The Morgan fingerprint density at radius 3 is 3.12 bits per heavy atom. The first kappa shape index (κ1) is 10.8. The molecule has 0 fully saturated rings. The Morgan fingerprint density at radius 1 is 1.56 bits per heavy atom. The fourth-order valence-electron chi connectivity index (χ4n) is 1.45. The Morgan fingerprint density at radius 2 is 2.38 bits per heavy atom. The Hall–Kier alpha value is -1.75. The molecule has 5 heteroatoms. The SMILES string of the molecule is CNC(=O)Oc1cccc2c1OC(C)OC2. The normalized spacial score (nSPS) is 18.2. The maximum Gasteiger partial charge on any atom is 0.412 e. The van der Waals surface area contributed by atoms with Crippen LogP contribution in [-0.4, -0.2) is 19.4 Å². The Kier molecular flexibility index (Phi) is 2.96. The average Bonchev–Trinajstić information content (AvgIpc) is 2.29. The lowest BCUT2D eigenvalue weighted by atomic mass is 10.2. The number of amides is 1. The zero-order valence-corrected chi connectivity index (χ0v) is 9.15. The highest BCUT2D eigenvalue weighted by Gasteiger charge is 2.21. The van der Waals surface area contributed by atoms with Gasteiger partial charge in [-0.05, 0) is 13.0 Å². The highest BCUT2D eigenvalue weighted by Crippen LogP contribution is 2.35. The first-order valence-electron chi connectivity index (χ1n) is 5.00. The van der Waals surface area contributed by atoms with Crippen molar-refractivity contribution in [2.45, 2.75) is 19.8 Å². The molecule has 1 aromatic rings. The van der Waals surface area contributed by atoms with Gasteiger partial charge in [-0.15, -0.1) is 0 Å². The first-order valence-corrected chi connectivity index (χ1v) is 5.00. The minimum atomic E-state index is -0.517. The van der Waals surface area contributed by atoms with E-state index < -0.39 is 6.09 Å². The zero-order valence-electron chi connectivity index (χ0n) is 9.15. The second-order valence-corrected chi connectivity index (χ2v) is 3.38. The molecule has 2 rings (SSSR count). The highest BCUT2D eigenvalue weighted by molar-refractivity contribution is 5.71. The molecule has 1 heterocycles. The predicted octanol–water partition coefficient (Wildman–Crippen LogP) is 1.66. The summed E-state index contributed by atoms with van der Waals surface area (Å²) in [7, 11) is 1.50. The van der Waals surface area contributed by atoms with E-state index in [0.29, 0.717) is 18.1 Å². The van der Waals surface area contributed by atoms with Crippen molar-refractivity contribution in [1.29, 1.82) is 0 Å². The molecule has 1 atom stereocenters. The number of para-hydroxylation sites is 1. The number of nitrogens with one attached hydrogen (secondary N) is 1. The highest BCUT2D eigenvalue weighted by atomic mass is 16.7. The van der Waals surface area contributed by atoms with E-state index in [4.69, 9.17) is 14.2 Å². The zero-order chi connectivity index (χ0) is 11.5. The van der Waals surface area contributed by atoms with Crippen molar-refractivity contribution in [2.75, 3.05) is 7.05 Å². The summed E-state index contributed by atoms with van der Waals surface area (Å²) in [6, 6.07) is 5.35. The first-order chi connectivity index (χ1) is 7.70. The summed E-state index contributed by atoms with van der Waals surface area (Å²) in [6.07, 6.45) is -0.849. The van der Waals surface area contributed by atoms with Gasteiger partial charge in [-0.3, -0.25) is 0 Å². The Labute approximate surface area is 93.3 Å². The molecule has 0 aliphatic carbocycles. The van der Waals surface area contributed by atoms with Crippen molar-refractivity contribution in [3.8, 4) is 11.5 Å². The maximum atomic E-state index is 11.1. The second kappa shape index (κ2) is 4.40. The molecule has 0 bridgehead atoms. The van der Waals surface area contributed by atoms with Crippen LogP contribution in [0, 0.1) is 0 Å². The van der Waals surface area contributed by atoms with E-state index in [2.05, 4.69) is 5.32 Å². The second-order valence-electron chi connectivity index (χ2n) is 3.38. The van der Waals surface area contributed by atoms with Crippen LogP contribution in [0.1, 0.15) is 12.5 Å². The molecular formula is C11H13NO4. The molecular weight excluding hydrogens is 210 g/mol. The number of ether oxygens (including phenoxy) is 3. The van der Waals surface area contributed by atoms with Gasteiger partial charge in [0.15, 0.2) is 17.8 Å². The van der Waals surface area contributed by atoms with Gasteiger partial charge in [0.2, 0.25) is 0 Å². The van der Waals surface area contributed by atoms with E-state index in [9.17, 15) is 4.79 Å². The monoisotopic (exact) mass is 223 g/mol. The topological polar surface area (TPSA) is 56.8 Å². The lowest BCUT2D eigenvalue weighted by Crippen LogP contribution is -2.25. The molecule has 16 heavy (non-hydrogen) atoms. The van der Waals surface area contributed by atoms with Crippen LogP contribution >= 0.6 is 0 Å². The summed E-state index contributed by atoms with van der Waals surface area (Å²) in [5.41, 5.74) is 0.875. The van der Waals surface area contributed by atoms with E-state index in [-0.39, 0.29) is 6.29 Å². The van der Waals surface area contributed by atoms with Crippen molar-refractivity contribution in [3.63, 3.8) is 0 Å². The van der Waals surface area contributed by atoms with Crippen LogP contribution in [0.3, 0.4) is 0 Å². The smallest absolute Gasteiger partial charge is 0.412 e. The molecule has 0 saturated heterocycles. The third-order valence-corrected chi connectivity index (χ3v) is 2.22. The van der Waals surface area contributed by atoms with Gasteiger partial charge >= 0.3 is 6.09 Å². The molecule has 86 valence electrons. The number of fused-ring (bicyclic) bond motifs is 1. The van der Waals surface area contributed by atoms with Crippen LogP contribution in [0.2, 0.25) is 0 Å². The molecule has 5 nitrogen and oxygen atoms in total. The summed E-state index contributed by atoms with van der Waals surface area (Å²) < 4.78 is 15.9. The molecule has 1 aliphatic rings. The van der Waals surface area contributed by atoms with Gasteiger partial charge < -0.3 is 19.5 Å². The Balaban J connectivity index is 2.28. The van der Waals surface area contributed by atoms with Crippen LogP contribution in [0.15, 0.2) is 18.2 Å². The fraction of sp³-hybridized carbons (Fsp3) is 0.364. The maximum absolute atomic E-state index is 11.1. The van der Waals surface area contributed by atoms with E-state index in [1.165, 1.54) is 7.05 Å². The third-order valence-electron chi connectivity index (χ3n) is 2.22. The van der Waals surface area contributed by atoms with Crippen LogP contribution in [-0.2, 0) is 11.3 Å². The van der Waals surface area contributed by atoms with Gasteiger partial charge in [0.05, 0.1) is 6.61 Å². The van der Waals surface area contributed by atoms with E-state index >= 15 is 0 Å². The minimum Gasteiger partial charge on any atom is -0.461 e. The van der Waals surface area contributed by atoms with Crippen molar-refractivity contribution >= 4 is 6.09 Å². The summed E-state index contributed by atoms with van der Waals surface area (Å²) >= 11 is 0. The summed E-state index contributed by atoms with van der Waals surface area (Å²) in [5, 5.41) is 2.38. The molecule has 0 radical (unpaired) electrons. The van der Waals surface area contributed by atoms with Gasteiger partial charge in [-0.25, -0.2) is 4.79 Å². The number of carbonyl (C=O) groups excluding carboxylic acids is 1. The van der Waals surface area contributed by atoms with Crippen LogP contribution in [0.25, 0.3) is 0 Å². The molecule has 0 aromatic heterocycles. The minimum absolute atomic E-state index is 0.332. The van der Waals surface area contributed by atoms with E-state index in [1.54, 1.807) is 19.1 Å². The fourth-order valence-corrected chi connectivity index (χ4v) is 1.45. The number of carbonyl (C=O) groups is 1.